The Bertz CT molecular complexity index is 1450. The minimum Gasteiger partial charge on any atom is -0.494 e. The smallest absolute Gasteiger partial charge is 0.222 e. The van der Waals surface area contributed by atoms with Crippen LogP contribution in [0.2, 0.25) is 0 Å². The first kappa shape index (κ1) is 28.6. The van der Waals surface area contributed by atoms with E-state index in [0.717, 1.165) is 86.0 Å². The van der Waals surface area contributed by atoms with Crippen molar-refractivity contribution in [2.45, 2.75) is 64.7 Å². The van der Waals surface area contributed by atoms with E-state index in [-0.39, 0.29) is 0 Å². The van der Waals surface area contributed by atoms with Gasteiger partial charge in [0.25, 0.3) is 0 Å². The molecule has 5 nitrogen and oxygen atoms in total. The minimum atomic E-state index is -0.420. The van der Waals surface area contributed by atoms with Crippen LogP contribution in [-0.2, 0) is 4.79 Å². The second-order valence-corrected chi connectivity index (χ2v) is 10.8. The summed E-state index contributed by atoms with van der Waals surface area (Å²) in [4.78, 5) is 14.4. The first-order chi connectivity index (χ1) is 20.1. The number of hydrogen-bond acceptors (Lipinski definition) is 3. The van der Waals surface area contributed by atoms with Gasteiger partial charge in [0.05, 0.1) is 17.5 Å². The minimum absolute atomic E-state index is 0.322. The Kier molecular flexibility index (Phi) is 9.84. The van der Waals surface area contributed by atoms with Gasteiger partial charge in [-0.25, -0.2) is 0 Å². The van der Waals surface area contributed by atoms with Crippen molar-refractivity contribution in [1.29, 1.82) is 0 Å². The average Bonchev–Trinajstić information content (AvgIpc) is 3.40. The molecule has 1 saturated heterocycles. The molecule has 1 aromatic heterocycles. The molecular weight excluding hydrogens is 513 g/mol. The number of aromatic amines is 1. The number of hydrogen-bond donors (Lipinski definition) is 1. The Morgan fingerprint density at radius 1 is 0.878 bits per heavy atom. The van der Waals surface area contributed by atoms with E-state index in [1.807, 2.05) is 53.4 Å². The third-order valence-corrected chi connectivity index (χ3v) is 7.98. The number of piperidine rings is 1. The van der Waals surface area contributed by atoms with E-state index in [0.29, 0.717) is 29.8 Å². The van der Waals surface area contributed by atoms with Gasteiger partial charge in [-0.15, -0.1) is 0 Å². The number of ether oxygens (including phenoxy) is 1. The molecule has 1 aliphatic rings. The third-order valence-electron chi connectivity index (χ3n) is 7.98. The summed E-state index contributed by atoms with van der Waals surface area (Å²) < 4.78 is 20.5. The molecule has 5 rings (SSSR count). The molecule has 0 bridgehead atoms. The fourth-order valence-corrected chi connectivity index (χ4v) is 5.76. The van der Waals surface area contributed by atoms with Crippen molar-refractivity contribution >= 4 is 28.0 Å². The maximum Gasteiger partial charge on any atom is 0.222 e. The molecule has 4 aromatic rings. The lowest BCUT2D eigenvalue weighted by molar-refractivity contribution is -0.132. The molecule has 0 saturated carbocycles. The first-order valence-electron chi connectivity index (χ1n) is 15.1. The van der Waals surface area contributed by atoms with Crippen LogP contribution in [0.5, 0.6) is 5.75 Å². The monoisotopic (exact) mass is 553 g/mol. The molecule has 0 atom stereocenters. The molecular formula is C35H40FN3O2. The molecule has 214 valence electrons. The molecule has 2 heterocycles. The molecule has 0 unspecified atom stereocenters. The zero-order valence-electron chi connectivity index (χ0n) is 24.0. The number of unbranched alkanes of at least 4 members (excludes halogenated alkanes) is 3. The van der Waals surface area contributed by atoms with Crippen molar-refractivity contribution in [1.82, 2.24) is 15.1 Å². The van der Waals surface area contributed by atoms with Crippen LogP contribution in [0, 0.1) is 5.95 Å². The fourth-order valence-electron chi connectivity index (χ4n) is 5.76. The van der Waals surface area contributed by atoms with Crippen molar-refractivity contribution in [3.05, 3.63) is 95.4 Å². The van der Waals surface area contributed by atoms with Crippen molar-refractivity contribution < 1.29 is 13.9 Å². The Morgan fingerprint density at radius 3 is 2.37 bits per heavy atom. The van der Waals surface area contributed by atoms with Crippen molar-refractivity contribution in [2.75, 3.05) is 19.7 Å². The average molecular weight is 554 g/mol. The molecule has 1 amide bonds. The topological polar surface area (TPSA) is 58.2 Å². The molecule has 3 aromatic carbocycles. The summed E-state index contributed by atoms with van der Waals surface area (Å²) in [6, 6.07) is 24.3. The van der Waals surface area contributed by atoms with E-state index in [2.05, 4.69) is 41.4 Å². The summed E-state index contributed by atoms with van der Waals surface area (Å²) in [7, 11) is 0. The summed E-state index contributed by atoms with van der Waals surface area (Å²) in [5.41, 5.74) is 6.04. The van der Waals surface area contributed by atoms with Crippen LogP contribution >= 0.6 is 0 Å². The van der Waals surface area contributed by atoms with Gasteiger partial charge in [0.2, 0.25) is 11.9 Å². The van der Waals surface area contributed by atoms with Crippen LogP contribution in [0.25, 0.3) is 22.0 Å². The standard InChI is InChI=1S/C35H40FN3O2/c1-2-30(26-13-7-5-8-14-26)34(28-18-21-32-31(25-28)35(36)38-37-32)27-16-19-29(20-17-27)41-24-12-4-3-9-15-33(40)39-22-10-6-11-23-39/h5,7-8,13-14,16-21,25H,2-4,6,9-12,15,22-24H2,1H3,(H,37,38)/b34-30+. The zero-order chi connectivity index (χ0) is 28.4. The summed E-state index contributed by atoms with van der Waals surface area (Å²) in [6.45, 7) is 4.68. The predicted octanol–water partition coefficient (Wildman–Crippen LogP) is 8.41. The number of nitrogens with one attached hydrogen (secondary N) is 1. The SMILES string of the molecule is CC/C(=C(/c1ccc(OCCCCCCC(=O)N2CCCCC2)cc1)c1ccc2n[nH]c(F)c2c1)c1ccccc1. The number of halogens is 1. The van der Waals surface area contributed by atoms with Gasteiger partial charge in [-0.05, 0) is 90.6 Å². The van der Waals surface area contributed by atoms with Gasteiger partial charge in [-0.1, -0.05) is 68.3 Å². The van der Waals surface area contributed by atoms with Crippen LogP contribution in [0.1, 0.15) is 81.4 Å². The third kappa shape index (κ3) is 7.24. The molecule has 0 radical (unpaired) electrons. The van der Waals surface area contributed by atoms with E-state index in [1.165, 1.54) is 12.0 Å². The van der Waals surface area contributed by atoms with E-state index in [9.17, 15) is 9.18 Å². The molecule has 1 N–H and O–H groups in total. The highest BCUT2D eigenvalue weighted by Gasteiger charge is 2.17. The van der Waals surface area contributed by atoms with Crippen molar-refractivity contribution in [3.8, 4) is 5.75 Å². The summed E-state index contributed by atoms with van der Waals surface area (Å²) >= 11 is 0. The normalized spacial score (nSPS) is 14.2. The number of nitrogens with zero attached hydrogens (tertiary/aromatic N) is 2. The van der Waals surface area contributed by atoms with Gasteiger partial charge < -0.3 is 9.64 Å². The van der Waals surface area contributed by atoms with Gasteiger partial charge >= 0.3 is 0 Å². The fraction of sp³-hybridized carbons (Fsp3) is 0.371. The number of allylic oxidation sites excluding steroid dienone is 1. The van der Waals surface area contributed by atoms with E-state index in [1.54, 1.807) is 0 Å². The zero-order valence-corrected chi connectivity index (χ0v) is 24.0. The lowest BCUT2D eigenvalue weighted by Gasteiger charge is -2.26. The van der Waals surface area contributed by atoms with E-state index in [4.69, 9.17) is 4.74 Å². The first-order valence-corrected chi connectivity index (χ1v) is 15.1. The highest BCUT2D eigenvalue weighted by molar-refractivity contribution is 6.00. The Morgan fingerprint density at radius 2 is 1.61 bits per heavy atom. The number of carbonyl (C=O) groups is 1. The number of fused-ring (bicyclic) bond motifs is 1. The van der Waals surface area contributed by atoms with Crippen LogP contribution < -0.4 is 4.74 Å². The highest BCUT2D eigenvalue weighted by atomic mass is 19.1. The molecule has 0 aliphatic carbocycles. The summed E-state index contributed by atoms with van der Waals surface area (Å²) in [6.07, 6.45) is 9.07. The van der Waals surface area contributed by atoms with Gasteiger partial charge in [0, 0.05) is 19.5 Å². The number of amides is 1. The Labute approximate surface area is 242 Å². The van der Waals surface area contributed by atoms with Crippen molar-refractivity contribution in [3.63, 3.8) is 0 Å². The number of carbonyl (C=O) groups excluding carboxylic acids is 1. The number of H-pyrrole nitrogens is 1. The molecule has 1 fully saturated rings. The van der Waals surface area contributed by atoms with Crippen LogP contribution in [0.4, 0.5) is 4.39 Å². The van der Waals surface area contributed by atoms with Gasteiger partial charge in [-0.3, -0.25) is 9.89 Å². The second kappa shape index (κ2) is 14.1. The molecule has 41 heavy (non-hydrogen) atoms. The van der Waals surface area contributed by atoms with Crippen LogP contribution in [-0.4, -0.2) is 40.7 Å². The van der Waals surface area contributed by atoms with Gasteiger partial charge in [0.1, 0.15) is 5.75 Å². The van der Waals surface area contributed by atoms with Crippen molar-refractivity contribution in [2.24, 2.45) is 0 Å². The van der Waals surface area contributed by atoms with Crippen LogP contribution in [0.3, 0.4) is 0 Å². The maximum absolute atomic E-state index is 14.4. The predicted molar refractivity (Wildman–Crippen MR) is 164 cm³/mol. The second-order valence-electron chi connectivity index (χ2n) is 10.8. The van der Waals surface area contributed by atoms with Crippen LogP contribution in [0.15, 0.2) is 72.8 Å². The lowest BCUT2D eigenvalue weighted by atomic mass is 9.88. The molecule has 6 heteroatoms. The Balaban J connectivity index is 1.22. The lowest BCUT2D eigenvalue weighted by Crippen LogP contribution is -2.35. The quantitative estimate of drug-likeness (QED) is 0.142. The number of likely N-dealkylation sites (tertiary alicyclic amines) is 1. The van der Waals surface area contributed by atoms with E-state index < -0.39 is 5.95 Å². The van der Waals surface area contributed by atoms with E-state index >= 15 is 0 Å². The summed E-state index contributed by atoms with van der Waals surface area (Å²) in [5.74, 6) is 0.738. The van der Waals surface area contributed by atoms with Gasteiger partial charge in [-0.2, -0.15) is 9.49 Å². The number of rotatable bonds is 12. The number of aromatic nitrogens is 2. The Hall–Kier alpha value is -3.93. The molecule has 1 aliphatic heterocycles. The number of benzene rings is 3. The highest BCUT2D eigenvalue weighted by Crippen LogP contribution is 2.36. The largest absolute Gasteiger partial charge is 0.494 e. The van der Waals surface area contributed by atoms with Gasteiger partial charge in [0.15, 0.2) is 0 Å². The molecule has 0 spiro atoms. The maximum atomic E-state index is 14.4. The summed E-state index contributed by atoms with van der Waals surface area (Å²) in [5, 5.41) is 6.99.